The van der Waals surface area contributed by atoms with Gasteiger partial charge in [-0.05, 0) is 30.3 Å². The molecule has 0 aliphatic carbocycles. The maximum Gasteiger partial charge on any atom is 0.255 e. The predicted octanol–water partition coefficient (Wildman–Crippen LogP) is 2.67. The molecule has 1 amide bonds. The van der Waals surface area contributed by atoms with Gasteiger partial charge in [-0.1, -0.05) is 17.7 Å². The maximum atomic E-state index is 10.9. The molecule has 0 saturated carbocycles. The smallest absolute Gasteiger partial charge is 0.255 e. The Morgan fingerprint density at radius 1 is 1.24 bits per heavy atom. The number of anilines is 1. The first-order chi connectivity index (χ1) is 12.0. The van der Waals surface area contributed by atoms with Gasteiger partial charge in [0, 0.05) is 10.6 Å². The highest BCUT2D eigenvalue weighted by atomic mass is 35.5. The standard InChI is InChI=1S/C17H18ClN3O4/c1-23-14-6-11(7-15(24-2)17(14)25-10-16(19)22)9-20-21-13-5-3-4-12(18)8-13/h3-9,21H,10H2,1-2H3,(H2,19,22)/b20-9-. The third-order valence-corrected chi connectivity index (χ3v) is 3.31. The molecule has 8 heteroatoms. The van der Waals surface area contributed by atoms with Crippen LogP contribution < -0.4 is 25.4 Å². The molecule has 0 heterocycles. The number of halogens is 1. The lowest BCUT2D eigenvalue weighted by Crippen LogP contribution is -2.20. The maximum absolute atomic E-state index is 10.9. The van der Waals surface area contributed by atoms with Crippen LogP contribution in [0.2, 0.25) is 5.02 Å². The first-order valence-corrected chi connectivity index (χ1v) is 7.63. The molecular weight excluding hydrogens is 346 g/mol. The third kappa shape index (κ3) is 5.29. The van der Waals surface area contributed by atoms with Crippen LogP contribution in [0, 0.1) is 0 Å². The van der Waals surface area contributed by atoms with Crippen molar-refractivity contribution in [2.45, 2.75) is 0 Å². The number of benzene rings is 2. The summed E-state index contributed by atoms with van der Waals surface area (Å²) in [5, 5.41) is 4.76. The van der Waals surface area contributed by atoms with Gasteiger partial charge < -0.3 is 19.9 Å². The van der Waals surface area contributed by atoms with Crippen molar-refractivity contribution in [2.75, 3.05) is 26.3 Å². The molecule has 0 aliphatic rings. The molecule has 0 fully saturated rings. The van der Waals surface area contributed by atoms with Crippen molar-refractivity contribution < 1.29 is 19.0 Å². The van der Waals surface area contributed by atoms with Crippen LogP contribution in [0.25, 0.3) is 0 Å². The number of rotatable bonds is 8. The van der Waals surface area contributed by atoms with Crippen molar-refractivity contribution in [3.63, 3.8) is 0 Å². The molecule has 2 aromatic carbocycles. The summed E-state index contributed by atoms with van der Waals surface area (Å²) < 4.78 is 15.9. The average molecular weight is 364 g/mol. The Labute approximate surface area is 150 Å². The van der Waals surface area contributed by atoms with Crippen LogP contribution in [0.5, 0.6) is 17.2 Å². The average Bonchev–Trinajstić information content (AvgIpc) is 2.59. The van der Waals surface area contributed by atoms with Crippen LogP contribution in [0.3, 0.4) is 0 Å². The van der Waals surface area contributed by atoms with E-state index in [0.717, 1.165) is 5.69 Å². The Morgan fingerprint density at radius 3 is 2.48 bits per heavy atom. The molecule has 25 heavy (non-hydrogen) atoms. The molecular formula is C17H18ClN3O4. The molecule has 0 aliphatic heterocycles. The van der Waals surface area contributed by atoms with Gasteiger partial charge in [-0.2, -0.15) is 5.10 Å². The fraction of sp³-hybridized carbons (Fsp3) is 0.176. The summed E-state index contributed by atoms with van der Waals surface area (Å²) in [6.45, 7) is -0.281. The van der Waals surface area contributed by atoms with E-state index in [1.807, 2.05) is 12.1 Å². The van der Waals surface area contributed by atoms with Crippen LogP contribution >= 0.6 is 11.6 Å². The summed E-state index contributed by atoms with van der Waals surface area (Å²) in [4.78, 5) is 10.9. The van der Waals surface area contributed by atoms with Gasteiger partial charge in [0.15, 0.2) is 18.1 Å². The zero-order valence-electron chi connectivity index (χ0n) is 13.8. The van der Waals surface area contributed by atoms with Crippen molar-refractivity contribution in [1.82, 2.24) is 0 Å². The second kappa shape index (κ2) is 8.79. The van der Waals surface area contributed by atoms with Crippen LogP contribution in [0.15, 0.2) is 41.5 Å². The van der Waals surface area contributed by atoms with Crippen molar-refractivity contribution in [3.8, 4) is 17.2 Å². The SMILES string of the molecule is COc1cc(/C=N\Nc2cccc(Cl)c2)cc(OC)c1OCC(N)=O. The van der Waals surface area contributed by atoms with Gasteiger partial charge in [0.25, 0.3) is 5.91 Å². The molecule has 0 bridgehead atoms. The normalized spacial score (nSPS) is 10.5. The van der Waals surface area contributed by atoms with Gasteiger partial charge in [0.1, 0.15) is 0 Å². The van der Waals surface area contributed by atoms with Gasteiger partial charge in [-0.3, -0.25) is 10.2 Å². The molecule has 3 N–H and O–H groups in total. The number of carbonyl (C=O) groups excluding carboxylic acids is 1. The molecule has 0 aromatic heterocycles. The van der Waals surface area contributed by atoms with E-state index in [4.69, 9.17) is 31.5 Å². The van der Waals surface area contributed by atoms with Gasteiger partial charge in [0.2, 0.25) is 5.75 Å². The fourth-order valence-corrected chi connectivity index (χ4v) is 2.19. The van der Waals surface area contributed by atoms with E-state index in [-0.39, 0.29) is 6.61 Å². The number of carbonyl (C=O) groups is 1. The van der Waals surface area contributed by atoms with Crippen molar-refractivity contribution in [1.29, 1.82) is 0 Å². The lowest BCUT2D eigenvalue weighted by molar-refractivity contribution is -0.119. The molecule has 2 rings (SSSR count). The number of hydrogen-bond donors (Lipinski definition) is 2. The third-order valence-electron chi connectivity index (χ3n) is 3.07. The van der Waals surface area contributed by atoms with Gasteiger partial charge in [-0.15, -0.1) is 0 Å². The van der Waals surface area contributed by atoms with E-state index in [9.17, 15) is 4.79 Å². The first kappa shape index (κ1) is 18.4. The topological polar surface area (TPSA) is 95.2 Å². The number of nitrogens with zero attached hydrogens (tertiary/aromatic N) is 1. The van der Waals surface area contributed by atoms with Crippen molar-refractivity contribution >= 4 is 29.4 Å². The number of methoxy groups -OCH3 is 2. The summed E-state index contributed by atoms with van der Waals surface area (Å²) >= 11 is 5.92. The fourth-order valence-electron chi connectivity index (χ4n) is 2.00. The highest BCUT2D eigenvalue weighted by Crippen LogP contribution is 2.38. The Hall–Kier alpha value is -2.93. The molecule has 0 radical (unpaired) electrons. The Balaban J connectivity index is 2.20. The number of hydrazone groups is 1. The highest BCUT2D eigenvalue weighted by molar-refractivity contribution is 6.30. The number of nitrogens with two attached hydrogens (primary N) is 1. The number of amides is 1. The molecule has 2 aromatic rings. The van der Waals surface area contributed by atoms with Gasteiger partial charge in [0.05, 0.1) is 26.1 Å². The van der Waals surface area contributed by atoms with E-state index in [2.05, 4.69) is 10.5 Å². The molecule has 0 saturated heterocycles. The molecule has 132 valence electrons. The summed E-state index contributed by atoms with van der Waals surface area (Å²) in [7, 11) is 2.97. The second-order valence-corrected chi connectivity index (χ2v) is 5.33. The number of hydrogen-bond acceptors (Lipinski definition) is 6. The monoisotopic (exact) mass is 363 g/mol. The molecule has 0 spiro atoms. The van der Waals surface area contributed by atoms with E-state index in [1.165, 1.54) is 14.2 Å². The highest BCUT2D eigenvalue weighted by Gasteiger charge is 2.14. The van der Waals surface area contributed by atoms with Crippen LogP contribution in [0.4, 0.5) is 5.69 Å². The predicted molar refractivity (Wildman–Crippen MR) is 96.9 cm³/mol. The van der Waals surface area contributed by atoms with E-state index in [1.54, 1.807) is 30.5 Å². The minimum Gasteiger partial charge on any atom is -0.493 e. The number of nitrogens with one attached hydrogen (secondary N) is 1. The zero-order valence-corrected chi connectivity index (χ0v) is 14.5. The Bertz CT molecular complexity index is 755. The van der Waals surface area contributed by atoms with Crippen molar-refractivity contribution in [3.05, 3.63) is 47.0 Å². The van der Waals surface area contributed by atoms with Gasteiger partial charge in [-0.25, -0.2) is 0 Å². The van der Waals surface area contributed by atoms with Crippen LogP contribution in [0.1, 0.15) is 5.56 Å². The summed E-state index contributed by atoms with van der Waals surface area (Å²) in [5.74, 6) is 0.485. The molecule has 7 nitrogen and oxygen atoms in total. The molecule has 0 unspecified atom stereocenters. The zero-order chi connectivity index (χ0) is 18.2. The largest absolute Gasteiger partial charge is 0.493 e. The first-order valence-electron chi connectivity index (χ1n) is 7.25. The lowest BCUT2D eigenvalue weighted by Gasteiger charge is -2.14. The number of ether oxygens (including phenoxy) is 3. The van der Waals surface area contributed by atoms with E-state index < -0.39 is 5.91 Å². The lowest BCUT2D eigenvalue weighted by atomic mass is 10.2. The van der Waals surface area contributed by atoms with Crippen molar-refractivity contribution in [2.24, 2.45) is 10.8 Å². The quantitative estimate of drug-likeness (QED) is 0.555. The summed E-state index contributed by atoms with van der Waals surface area (Å²) in [6.07, 6.45) is 1.59. The van der Waals surface area contributed by atoms with E-state index in [0.29, 0.717) is 27.8 Å². The number of primary amides is 1. The van der Waals surface area contributed by atoms with Crippen LogP contribution in [-0.2, 0) is 4.79 Å². The van der Waals surface area contributed by atoms with Gasteiger partial charge >= 0.3 is 0 Å². The van der Waals surface area contributed by atoms with E-state index >= 15 is 0 Å². The molecule has 0 atom stereocenters. The Morgan fingerprint density at radius 2 is 1.92 bits per heavy atom. The summed E-state index contributed by atoms with van der Waals surface area (Å²) in [6, 6.07) is 10.6. The minimum absolute atomic E-state index is 0.281. The second-order valence-electron chi connectivity index (χ2n) is 4.89. The minimum atomic E-state index is -0.597. The summed E-state index contributed by atoms with van der Waals surface area (Å²) in [5.41, 5.74) is 9.43. The van der Waals surface area contributed by atoms with Crippen LogP contribution in [-0.4, -0.2) is 32.9 Å². The Kier molecular flexibility index (Phi) is 6.47.